The van der Waals surface area contributed by atoms with Crippen LogP contribution in [-0.4, -0.2) is 54.4 Å². The van der Waals surface area contributed by atoms with Gasteiger partial charge in [0.15, 0.2) is 0 Å². The number of likely N-dealkylation sites (tertiary alicyclic amines) is 1. The second kappa shape index (κ2) is 14.7. The Morgan fingerprint density at radius 3 is 1.88 bits per heavy atom. The second-order valence-corrected chi connectivity index (χ2v) is 27.2. The molecule has 3 aromatic rings. The fraction of sp³-hybridized carbons (Fsp3) is 0.535. The van der Waals surface area contributed by atoms with Crippen LogP contribution in [0.1, 0.15) is 96.4 Å². The molecule has 51 heavy (non-hydrogen) atoms. The van der Waals surface area contributed by atoms with E-state index in [1.54, 1.807) is 0 Å². The number of benzene rings is 3. The Morgan fingerprint density at radius 1 is 0.706 bits per heavy atom. The van der Waals surface area contributed by atoms with Crippen molar-refractivity contribution < 1.29 is 23.1 Å². The fourth-order valence-corrected chi connectivity index (χ4v) is 8.72. The highest BCUT2D eigenvalue weighted by atomic mass is 28.4. The highest BCUT2D eigenvalue weighted by molar-refractivity contribution is 6.75. The third-order valence-corrected chi connectivity index (χ3v) is 20.6. The maximum absolute atomic E-state index is 7.05. The lowest BCUT2D eigenvalue weighted by Gasteiger charge is -2.37. The van der Waals surface area contributed by atoms with Crippen LogP contribution in [0.4, 0.5) is 0 Å². The Morgan fingerprint density at radius 2 is 1.27 bits per heavy atom. The molecule has 1 atom stereocenters. The van der Waals surface area contributed by atoms with E-state index in [2.05, 4.69) is 133 Å². The molecule has 276 valence electrons. The molecular weight excluding hydrogens is 667 g/mol. The SMILES string of the molecule is CC(C)(C)[Si](C)(C)Oc1ccc2c(c1)O[C@@H](c1ccc(OCCCN3CCCCC3)cc1)C1=C2CCOc2cc(O[Si](C)(C)C(C)(C)C)ccc21. The fourth-order valence-electron chi connectivity index (χ4n) is 6.68. The Kier molecular flexibility index (Phi) is 10.8. The maximum atomic E-state index is 7.05. The molecule has 6 rings (SSSR count). The van der Waals surface area contributed by atoms with Gasteiger partial charge < -0.3 is 28.0 Å². The van der Waals surface area contributed by atoms with Crippen molar-refractivity contribution in [2.24, 2.45) is 0 Å². The zero-order valence-corrected chi connectivity index (χ0v) is 34.9. The largest absolute Gasteiger partial charge is 0.543 e. The second-order valence-electron chi connectivity index (χ2n) is 17.7. The molecule has 8 heteroatoms. The average molecular weight is 728 g/mol. The molecule has 0 N–H and O–H groups in total. The third-order valence-electron chi connectivity index (χ3n) is 11.8. The summed E-state index contributed by atoms with van der Waals surface area (Å²) in [6, 6.07) is 21.3. The van der Waals surface area contributed by atoms with Crippen molar-refractivity contribution in [3.8, 4) is 28.7 Å². The molecular formula is C43H61NO5Si2. The van der Waals surface area contributed by atoms with Gasteiger partial charge in [0.25, 0.3) is 0 Å². The first-order valence-corrected chi connectivity index (χ1v) is 25.0. The van der Waals surface area contributed by atoms with Crippen molar-refractivity contribution in [3.63, 3.8) is 0 Å². The van der Waals surface area contributed by atoms with Crippen molar-refractivity contribution in [1.29, 1.82) is 0 Å². The van der Waals surface area contributed by atoms with Gasteiger partial charge in [0.05, 0.1) is 13.2 Å². The van der Waals surface area contributed by atoms with E-state index < -0.39 is 16.6 Å². The lowest BCUT2D eigenvalue weighted by molar-refractivity contribution is 0.205. The first-order chi connectivity index (χ1) is 24.0. The minimum atomic E-state index is -2.04. The summed E-state index contributed by atoms with van der Waals surface area (Å²) in [5.41, 5.74) is 5.66. The number of hydrogen-bond donors (Lipinski definition) is 0. The average Bonchev–Trinajstić information content (AvgIpc) is 3.25. The van der Waals surface area contributed by atoms with Gasteiger partial charge in [-0.05, 0) is 116 Å². The van der Waals surface area contributed by atoms with E-state index in [1.165, 1.54) is 37.9 Å². The van der Waals surface area contributed by atoms with Gasteiger partial charge in [-0.3, -0.25) is 0 Å². The Balaban J connectivity index is 1.32. The van der Waals surface area contributed by atoms with E-state index in [4.69, 9.17) is 23.1 Å². The monoisotopic (exact) mass is 727 g/mol. The quantitative estimate of drug-likeness (QED) is 0.153. The van der Waals surface area contributed by atoms with Gasteiger partial charge >= 0.3 is 0 Å². The van der Waals surface area contributed by atoms with Gasteiger partial charge in [0.2, 0.25) is 16.6 Å². The van der Waals surface area contributed by atoms with Crippen molar-refractivity contribution >= 4 is 27.8 Å². The van der Waals surface area contributed by atoms with Crippen LogP contribution in [0.3, 0.4) is 0 Å². The molecule has 0 radical (unpaired) electrons. The van der Waals surface area contributed by atoms with E-state index in [1.807, 2.05) is 0 Å². The van der Waals surface area contributed by atoms with E-state index in [0.29, 0.717) is 6.61 Å². The third kappa shape index (κ3) is 8.39. The highest BCUT2D eigenvalue weighted by Gasteiger charge is 2.41. The zero-order chi connectivity index (χ0) is 36.6. The number of rotatable bonds is 10. The molecule has 0 spiro atoms. The van der Waals surface area contributed by atoms with Gasteiger partial charge in [-0.25, -0.2) is 0 Å². The molecule has 3 aromatic carbocycles. The van der Waals surface area contributed by atoms with Crippen LogP contribution in [0.25, 0.3) is 11.1 Å². The van der Waals surface area contributed by atoms with Crippen LogP contribution in [0.5, 0.6) is 28.7 Å². The number of nitrogens with zero attached hydrogens (tertiary/aromatic N) is 1. The standard InChI is InChI=1S/C43H61NO5Si2/c1-42(2,3)50(7,8)48-33-20-22-37-38(29-33)46-28-23-36-35-21-19-34(49-51(9,10)43(4,5)6)30-39(35)47-41(40(36)37)31-15-17-32(18-16-31)45-27-14-26-44-24-12-11-13-25-44/h15-22,29-30,41H,11-14,23-28H2,1-10H3/t41-/m0/s1. The van der Waals surface area contributed by atoms with Crippen LogP contribution >= 0.6 is 0 Å². The number of piperidine rings is 1. The molecule has 1 fully saturated rings. The zero-order valence-electron chi connectivity index (χ0n) is 32.9. The first-order valence-electron chi connectivity index (χ1n) is 19.2. The molecule has 0 amide bonds. The summed E-state index contributed by atoms with van der Waals surface area (Å²) in [6.07, 6.45) is 5.50. The topological polar surface area (TPSA) is 49.4 Å². The summed E-state index contributed by atoms with van der Waals surface area (Å²) in [5, 5.41) is 0.188. The molecule has 6 nitrogen and oxygen atoms in total. The van der Waals surface area contributed by atoms with Crippen LogP contribution in [0, 0.1) is 0 Å². The van der Waals surface area contributed by atoms with Crippen LogP contribution < -0.4 is 23.1 Å². The summed E-state index contributed by atoms with van der Waals surface area (Å²) in [5.74, 6) is 4.33. The van der Waals surface area contributed by atoms with Crippen molar-refractivity contribution in [1.82, 2.24) is 4.90 Å². The summed E-state index contributed by atoms with van der Waals surface area (Å²) < 4.78 is 33.3. The summed E-state index contributed by atoms with van der Waals surface area (Å²) in [7, 11) is -4.07. The predicted molar refractivity (Wildman–Crippen MR) is 216 cm³/mol. The number of hydrogen-bond acceptors (Lipinski definition) is 6. The molecule has 1 saturated heterocycles. The van der Waals surface area contributed by atoms with Gasteiger partial charge in [0, 0.05) is 41.8 Å². The molecule has 0 aliphatic carbocycles. The number of fused-ring (bicyclic) bond motifs is 4. The predicted octanol–water partition coefficient (Wildman–Crippen LogP) is 11.5. The Labute approximate surface area is 309 Å². The van der Waals surface area contributed by atoms with Crippen LogP contribution in [0.2, 0.25) is 36.3 Å². The van der Waals surface area contributed by atoms with Crippen molar-refractivity contribution in [3.05, 3.63) is 77.4 Å². The maximum Gasteiger partial charge on any atom is 0.250 e. The molecule has 0 aromatic heterocycles. The molecule has 0 saturated carbocycles. The van der Waals surface area contributed by atoms with E-state index in [9.17, 15) is 0 Å². The first kappa shape index (κ1) is 37.5. The lowest BCUT2D eigenvalue weighted by atomic mass is 9.84. The Bertz CT molecular complexity index is 1710. The van der Waals surface area contributed by atoms with E-state index >= 15 is 0 Å². The van der Waals surface area contributed by atoms with Crippen molar-refractivity contribution in [2.75, 3.05) is 32.8 Å². The summed E-state index contributed by atoms with van der Waals surface area (Å²) in [6.45, 7) is 27.6. The number of ether oxygens (including phenoxy) is 3. The minimum Gasteiger partial charge on any atom is -0.543 e. The van der Waals surface area contributed by atoms with Gasteiger partial charge in [-0.1, -0.05) is 60.1 Å². The lowest BCUT2D eigenvalue weighted by Crippen LogP contribution is -2.43. The van der Waals surface area contributed by atoms with Gasteiger partial charge in [-0.15, -0.1) is 0 Å². The molecule has 0 bridgehead atoms. The van der Waals surface area contributed by atoms with Gasteiger partial charge in [0.1, 0.15) is 34.9 Å². The molecule has 3 aliphatic rings. The summed E-state index contributed by atoms with van der Waals surface area (Å²) in [4.78, 5) is 2.57. The van der Waals surface area contributed by atoms with E-state index in [-0.39, 0.29) is 16.2 Å². The van der Waals surface area contributed by atoms with Crippen LogP contribution in [-0.2, 0) is 0 Å². The molecule has 0 unspecified atom stereocenters. The smallest absolute Gasteiger partial charge is 0.250 e. The highest BCUT2D eigenvalue weighted by Crippen LogP contribution is 2.53. The molecule has 3 heterocycles. The minimum absolute atomic E-state index is 0.0921. The Hall–Kier alpha value is -3.21. The normalized spacial score (nSPS) is 18.4. The molecule has 3 aliphatic heterocycles. The summed E-state index contributed by atoms with van der Waals surface area (Å²) >= 11 is 0. The van der Waals surface area contributed by atoms with E-state index in [0.717, 1.165) is 77.0 Å². The van der Waals surface area contributed by atoms with Crippen molar-refractivity contribution in [2.45, 2.75) is 116 Å². The van der Waals surface area contributed by atoms with Crippen LogP contribution in [0.15, 0.2) is 60.7 Å². The van der Waals surface area contributed by atoms with Gasteiger partial charge in [-0.2, -0.15) is 0 Å².